The maximum absolute atomic E-state index is 6.12. The van der Waals surface area contributed by atoms with Crippen LogP contribution in [0.15, 0.2) is 121 Å². The molecule has 0 unspecified atom stereocenters. The van der Waals surface area contributed by atoms with Crippen LogP contribution in [0.25, 0.3) is 38.6 Å². The molecule has 0 radical (unpaired) electrons. The van der Waals surface area contributed by atoms with Gasteiger partial charge in [-0.25, -0.2) is 0 Å². The molecular formula is C30H23N3. The fourth-order valence-corrected chi connectivity index (χ4v) is 4.57. The van der Waals surface area contributed by atoms with E-state index in [-0.39, 0.29) is 0 Å². The van der Waals surface area contributed by atoms with E-state index in [1.807, 2.05) is 24.3 Å². The number of hydrogen-bond donors (Lipinski definition) is 2. The number of fused-ring (bicyclic) bond motifs is 3. The molecule has 0 aliphatic carbocycles. The number of hydrogen-bond acceptors (Lipinski definition) is 2. The first-order chi connectivity index (χ1) is 16.3. The van der Waals surface area contributed by atoms with Crippen LogP contribution in [0.3, 0.4) is 0 Å². The smallest absolute Gasteiger partial charge is 0.0617 e. The lowest BCUT2D eigenvalue weighted by atomic mass is 10.0. The van der Waals surface area contributed by atoms with Crippen LogP contribution in [0.1, 0.15) is 0 Å². The van der Waals surface area contributed by atoms with Gasteiger partial charge in [-0.05, 0) is 59.7 Å². The lowest BCUT2D eigenvalue weighted by Gasteiger charge is -2.12. The van der Waals surface area contributed by atoms with Crippen molar-refractivity contribution < 1.29 is 0 Å². The minimum atomic E-state index is 0.733. The third-order valence-electron chi connectivity index (χ3n) is 6.12. The number of nitrogens with two attached hydrogens (primary N) is 1. The molecule has 5 aromatic carbocycles. The predicted molar refractivity (Wildman–Crippen MR) is 140 cm³/mol. The van der Waals surface area contributed by atoms with Gasteiger partial charge in [0, 0.05) is 22.1 Å². The maximum Gasteiger partial charge on any atom is 0.0617 e. The summed E-state index contributed by atoms with van der Waals surface area (Å²) in [6.45, 7) is 0. The summed E-state index contributed by atoms with van der Waals surface area (Å²) in [6.07, 6.45) is 0. The number of rotatable bonds is 4. The van der Waals surface area contributed by atoms with Crippen molar-refractivity contribution in [3.8, 4) is 16.8 Å². The Morgan fingerprint density at radius 3 is 1.88 bits per heavy atom. The van der Waals surface area contributed by atoms with Crippen LogP contribution in [0.4, 0.5) is 17.1 Å². The molecule has 33 heavy (non-hydrogen) atoms. The average molecular weight is 426 g/mol. The summed E-state index contributed by atoms with van der Waals surface area (Å²) in [5.41, 5.74) is 14.7. The number of anilines is 3. The second-order valence-corrected chi connectivity index (χ2v) is 8.21. The fourth-order valence-electron chi connectivity index (χ4n) is 4.57. The Labute approximate surface area is 192 Å². The van der Waals surface area contributed by atoms with Crippen molar-refractivity contribution >= 4 is 38.9 Å². The van der Waals surface area contributed by atoms with E-state index in [9.17, 15) is 0 Å². The Bertz CT molecular complexity index is 1560. The molecule has 158 valence electrons. The second-order valence-electron chi connectivity index (χ2n) is 8.21. The van der Waals surface area contributed by atoms with Gasteiger partial charge in [0.2, 0.25) is 0 Å². The van der Waals surface area contributed by atoms with E-state index in [0.29, 0.717) is 0 Å². The summed E-state index contributed by atoms with van der Waals surface area (Å²) in [5, 5.41) is 5.98. The van der Waals surface area contributed by atoms with E-state index >= 15 is 0 Å². The monoisotopic (exact) mass is 425 g/mol. The van der Waals surface area contributed by atoms with Crippen molar-refractivity contribution in [2.24, 2.45) is 0 Å². The molecule has 0 fully saturated rings. The first-order valence-corrected chi connectivity index (χ1v) is 11.1. The number of nitrogens with one attached hydrogen (secondary N) is 1. The standard InChI is InChI=1S/C30H23N3/c31-27-15-3-4-16-28(27)32-23-11-7-9-21(19-23)22-10-8-12-24(20-22)33-29-17-5-1-13-25(29)26-14-2-6-18-30(26)33/h1-20,32H,31H2. The van der Waals surface area contributed by atoms with Gasteiger partial charge >= 0.3 is 0 Å². The van der Waals surface area contributed by atoms with Gasteiger partial charge in [0.1, 0.15) is 0 Å². The van der Waals surface area contributed by atoms with Gasteiger partial charge in [-0.2, -0.15) is 0 Å². The van der Waals surface area contributed by atoms with Gasteiger partial charge in [-0.15, -0.1) is 0 Å². The Hall–Kier alpha value is -4.50. The molecule has 6 aromatic rings. The highest BCUT2D eigenvalue weighted by molar-refractivity contribution is 6.09. The second kappa shape index (κ2) is 7.88. The van der Waals surface area contributed by atoms with Crippen LogP contribution >= 0.6 is 0 Å². The molecule has 3 heteroatoms. The minimum Gasteiger partial charge on any atom is -0.397 e. The fraction of sp³-hybridized carbons (Fsp3) is 0. The van der Waals surface area contributed by atoms with Crippen LogP contribution in [-0.2, 0) is 0 Å². The first-order valence-electron chi connectivity index (χ1n) is 11.1. The maximum atomic E-state index is 6.12. The molecule has 3 nitrogen and oxygen atoms in total. The van der Waals surface area contributed by atoms with Crippen molar-refractivity contribution in [1.82, 2.24) is 4.57 Å². The SMILES string of the molecule is Nc1ccccc1Nc1cccc(-c2cccc(-n3c4ccccc4c4ccccc43)c2)c1. The third kappa shape index (κ3) is 3.40. The van der Waals surface area contributed by atoms with Crippen molar-refractivity contribution in [2.45, 2.75) is 0 Å². The molecule has 0 atom stereocenters. The molecule has 3 N–H and O–H groups in total. The quantitative estimate of drug-likeness (QED) is 0.283. The van der Waals surface area contributed by atoms with Crippen molar-refractivity contribution in [1.29, 1.82) is 0 Å². The van der Waals surface area contributed by atoms with Gasteiger partial charge in [0.25, 0.3) is 0 Å². The molecule has 0 spiro atoms. The van der Waals surface area contributed by atoms with E-state index in [2.05, 4.69) is 107 Å². The largest absolute Gasteiger partial charge is 0.397 e. The Balaban J connectivity index is 1.45. The summed E-state index contributed by atoms with van der Waals surface area (Å²) in [5.74, 6) is 0. The molecular weight excluding hydrogens is 402 g/mol. The Morgan fingerprint density at radius 2 is 1.15 bits per heavy atom. The molecule has 6 rings (SSSR count). The van der Waals surface area contributed by atoms with Gasteiger partial charge in [-0.1, -0.05) is 72.8 Å². The molecule has 0 aliphatic rings. The lowest BCUT2D eigenvalue weighted by molar-refractivity contribution is 1.18. The summed E-state index contributed by atoms with van der Waals surface area (Å²) in [6, 6.07) is 42.2. The molecule has 0 amide bonds. The Kier molecular flexibility index (Phi) is 4.59. The summed E-state index contributed by atoms with van der Waals surface area (Å²) >= 11 is 0. The zero-order chi connectivity index (χ0) is 22.2. The number of benzene rings is 5. The Morgan fingerprint density at radius 1 is 0.545 bits per heavy atom. The van der Waals surface area contributed by atoms with Crippen LogP contribution in [0, 0.1) is 0 Å². The van der Waals surface area contributed by atoms with Crippen LogP contribution < -0.4 is 11.1 Å². The van der Waals surface area contributed by atoms with Gasteiger partial charge in [-0.3, -0.25) is 0 Å². The number of nitrogen functional groups attached to an aromatic ring is 1. The zero-order valence-corrected chi connectivity index (χ0v) is 18.1. The van der Waals surface area contributed by atoms with E-state index < -0.39 is 0 Å². The third-order valence-corrected chi connectivity index (χ3v) is 6.12. The van der Waals surface area contributed by atoms with E-state index in [1.165, 1.54) is 27.4 Å². The van der Waals surface area contributed by atoms with Crippen molar-refractivity contribution in [3.05, 3.63) is 121 Å². The highest BCUT2D eigenvalue weighted by Crippen LogP contribution is 2.33. The van der Waals surface area contributed by atoms with Crippen LogP contribution in [-0.4, -0.2) is 4.57 Å². The minimum absolute atomic E-state index is 0.733. The molecule has 0 saturated heterocycles. The van der Waals surface area contributed by atoms with Gasteiger partial charge in [0.05, 0.1) is 22.4 Å². The number of nitrogens with zero attached hydrogens (tertiary/aromatic N) is 1. The van der Waals surface area contributed by atoms with Crippen LogP contribution in [0.5, 0.6) is 0 Å². The van der Waals surface area contributed by atoms with Gasteiger partial charge < -0.3 is 15.6 Å². The number of para-hydroxylation sites is 4. The molecule has 1 heterocycles. The lowest BCUT2D eigenvalue weighted by Crippen LogP contribution is -1.96. The molecule has 1 aromatic heterocycles. The van der Waals surface area contributed by atoms with Crippen molar-refractivity contribution in [2.75, 3.05) is 11.1 Å². The summed E-state index contributed by atoms with van der Waals surface area (Å²) in [7, 11) is 0. The highest BCUT2D eigenvalue weighted by atomic mass is 15.0. The topological polar surface area (TPSA) is 43.0 Å². The summed E-state index contributed by atoms with van der Waals surface area (Å²) < 4.78 is 2.35. The van der Waals surface area contributed by atoms with E-state index in [1.54, 1.807) is 0 Å². The summed E-state index contributed by atoms with van der Waals surface area (Å²) in [4.78, 5) is 0. The van der Waals surface area contributed by atoms with Crippen molar-refractivity contribution in [3.63, 3.8) is 0 Å². The normalized spacial score (nSPS) is 11.2. The molecule has 0 aliphatic heterocycles. The first kappa shape index (κ1) is 19.2. The number of aromatic nitrogens is 1. The zero-order valence-electron chi connectivity index (χ0n) is 18.1. The van der Waals surface area contributed by atoms with Gasteiger partial charge in [0.15, 0.2) is 0 Å². The van der Waals surface area contributed by atoms with E-state index in [0.717, 1.165) is 28.3 Å². The van der Waals surface area contributed by atoms with Crippen LogP contribution in [0.2, 0.25) is 0 Å². The molecule has 0 saturated carbocycles. The average Bonchev–Trinajstić information content (AvgIpc) is 3.20. The van der Waals surface area contributed by atoms with E-state index in [4.69, 9.17) is 5.73 Å². The predicted octanol–water partition coefficient (Wildman–Crippen LogP) is 7.78. The highest BCUT2D eigenvalue weighted by Gasteiger charge is 2.12. The molecule has 0 bridgehead atoms.